The summed E-state index contributed by atoms with van der Waals surface area (Å²) in [6, 6.07) is 8.73. The van der Waals surface area contributed by atoms with E-state index in [2.05, 4.69) is 5.32 Å². The van der Waals surface area contributed by atoms with Crippen LogP contribution in [0, 0.1) is 5.82 Å². The monoisotopic (exact) mass is 308 g/mol. The molecule has 0 heterocycles. The molecule has 3 amide bonds. The Bertz CT molecular complexity index is 669. The summed E-state index contributed by atoms with van der Waals surface area (Å²) >= 11 is 5.70. The fraction of sp³-hybridized carbons (Fsp3) is 0. The zero-order chi connectivity index (χ0) is 15.4. The Balaban J connectivity index is 2.06. The number of aromatic hydroxyl groups is 1. The molecule has 108 valence electrons. The first kappa shape index (κ1) is 14.8. The lowest BCUT2D eigenvalue weighted by atomic mass is 10.2. The second kappa shape index (κ2) is 6.23. The number of nitrogens with one attached hydrogen (secondary N) is 2. The number of carbonyl (C=O) groups excluding carboxylic acids is 2. The molecule has 0 fully saturated rings. The molecule has 7 heteroatoms. The molecule has 0 aliphatic rings. The van der Waals surface area contributed by atoms with Gasteiger partial charge in [-0.1, -0.05) is 17.7 Å². The first-order chi connectivity index (χ1) is 9.97. The molecule has 0 saturated carbocycles. The van der Waals surface area contributed by atoms with Crippen molar-refractivity contribution < 1.29 is 19.1 Å². The third-order valence-corrected chi connectivity index (χ3v) is 2.80. The zero-order valence-corrected chi connectivity index (χ0v) is 11.3. The second-order valence-electron chi connectivity index (χ2n) is 4.05. The van der Waals surface area contributed by atoms with Crippen LogP contribution in [0.15, 0.2) is 42.5 Å². The highest BCUT2D eigenvalue weighted by molar-refractivity contribution is 6.30. The minimum atomic E-state index is -1.04. The number of imide groups is 1. The molecule has 2 rings (SSSR count). The van der Waals surface area contributed by atoms with E-state index in [0.717, 1.165) is 12.1 Å². The summed E-state index contributed by atoms with van der Waals surface area (Å²) in [7, 11) is 0. The number of halogens is 2. The Kier molecular flexibility index (Phi) is 4.39. The fourth-order valence-electron chi connectivity index (χ4n) is 1.60. The molecule has 0 aliphatic carbocycles. The maximum atomic E-state index is 13.5. The molecule has 0 bridgehead atoms. The Morgan fingerprint density at radius 3 is 2.38 bits per heavy atom. The molecule has 0 aromatic heterocycles. The molecule has 0 unspecified atom stereocenters. The number of hydrogen-bond acceptors (Lipinski definition) is 3. The van der Waals surface area contributed by atoms with Crippen molar-refractivity contribution >= 4 is 29.2 Å². The lowest BCUT2D eigenvalue weighted by Crippen LogP contribution is -2.34. The van der Waals surface area contributed by atoms with Gasteiger partial charge in [0.15, 0.2) is 0 Å². The number of rotatable bonds is 2. The summed E-state index contributed by atoms with van der Waals surface area (Å²) in [5.74, 6) is -2.52. The van der Waals surface area contributed by atoms with Gasteiger partial charge >= 0.3 is 6.03 Å². The SMILES string of the molecule is O=C(NC(=O)c1c(O)cccc1F)Nc1ccc(Cl)cc1. The Labute approximate surface area is 124 Å². The predicted octanol–water partition coefficient (Wildman–Crippen LogP) is 3.15. The minimum absolute atomic E-state index is 0.405. The van der Waals surface area contributed by atoms with E-state index in [1.165, 1.54) is 18.2 Å². The largest absolute Gasteiger partial charge is 0.507 e. The van der Waals surface area contributed by atoms with Crippen molar-refractivity contribution in [1.29, 1.82) is 0 Å². The number of phenolic OH excluding ortho intramolecular Hbond substituents is 1. The van der Waals surface area contributed by atoms with E-state index in [4.69, 9.17) is 11.6 Å². The highest BCUT2D eigenvalue weighted by Gasteiger charge is 2.18. The molecule has 0 spiro atoms. The van der Waals surface area contributed by atoms with E-state index in [1.807, 2.05) is 5.32 Å². The van der Waals surface area contributed by atoms with E-state index >= 15 is 0 Å². The quantitative estimate of drug-likeness (QED) is 0.797. The van der Waals surface area contributed by atoms with Gasteiger partial charge in [0.2, 0.25) is 0 Å². The van der Waals surface area contributed by atoms with Gasteiger partial charge in [-0.3, -0.25) is 10.1 Å². The van der Waals surface area contributed by atoms with Crippen molar-refractivity contribution in [3.63, 3.8) is 0 Å². The highest BCUT2D eigenvalue weighted by atomic mass is 35.5. The van der Waals surface area contributed by atoms with Gasteiger partial charge in [-0.05, 0) is 36.4 Å². The van der Waals surface area contributed by atoms with Crippen molar-refractivity contribution in [2.24, 2.45) is 0 Å². The summed E-state index contributed by atoms with van der Waals surface area (Å²) in [6.07, 6.45) is 0. The topological polar surface area (TPSA) is 78.4 Å². The maximum absolute atomic E-state index is 13.5. The van der Waals surface area contributed by atoms with Crippen LogP contribution in [0.25, 0.3) is 0 Å². The number of hydrogen-bond donors (Lipinski definition) is 3. The van der Waals surface area contributed by atoms with Crippen molar-refractivity contribution in [2.75, 3.05) is 5.32 Å². The number of urea groups is 1. The highest BCUT2D eigenvalue weighted by Crippen LogP contribution is 2.19. The number of carbonyl (C=O) groups is 2. The number of benzene rings is 2. The zero-order valence-electron chi connectivity index (χ0n) is 10.6. The van der Waals surface area contributed by atoms with Gasteiger partial charge in [-0.2, -0.15) is 0 Å². The summed E-state index contributed by atoms with van der Waals surface area (Å²) in [5, 5.41) is 14.2. The van der Waals surface area contributed by atoms with Crippen LogP contribution in [0.4, 0.5) is 14.9 Å². The third-order valence-electron chi connectivity index (χ3n) is 2.55. The van der Waals surface area contributed by atoms with Gasteiger partial charge in [0.25, 0.3) is 5.91 Å². The van der Waals surface area contributed by atoms with Crippen LogP contribution in [0.5, 0.6) is 5.75 Å². The molecule has 21 heavy (non-hydrogen) atoms. The van der Waals surface area contributed by atoms with Gasteiger partial charge in [0, 0.05) is 10.7 Å². The van der Waals surface area contributed by atoms with E-state index in [-0.39, 0.29) is 0 Å². The molecule has 2 aromatic carbocycles. The van der Waals surface area contributed by atoms with Crippen LogP contribution in [0.1, 0.15) is 10.4 Å². The molecule has 5 nitrogen and oxygen atoms in total. The summed E-state index contributed by atoms with van der Waals surface area (Å²) in [6.45, 7) is 0. The van der Waals surface area contributed by atoms with Crippen LogP contribution < -0.4 is 10.6 Å². The van der Waals surface area contributed by atoms with Gasteiger partial charge in [-0.15, -0.1) is 0 Å². The van der Waals surface area contributed by atoms with E-state index in [0.29, 0.717) is 10.7 Å². The number of anilines is 1. The summed E-state index contributed by atoms with van der Waals surface area (Å²) in [4.78, 5) is 23.4. The van der Waals surface area contributed by atoms with E-state index < -0.39 is 29.1 Å². The van der Waals surface area contributed by atoms with Crippen molar-refractivity contribution in [2.45, 2.75) is 0 Å². The normalized spacial score (nSPS) is 10.0. The Hall–Kier alpha value is -2.60. The van der Waals surface area contributed by atoms with Crippen LogP contribution in [0.3, 0.4) is 0 Å². The summed E-state index contributed by atoms with van der Waals surface area (Å²) in [5.41, 5.74) is -0.189. The summed E-state index contributed by atoms with van der Waals surface area (Å²) < 4.78 is 13.5. The van der Waals surface area contributed by atoms with Crippen molar-refractivity contribution in [3.8, 4) is 5.75 Å². The van der Waals surface area contributed by atoms with Crippen LogP contribution in [-0.2, 0) is 0 Å². The Morgan fingerprint density at radius 2 is 1.76 bits per heavy atom. The molecule has 2 aromatic rings. The van der Waals surface area contributed by atoms with Crippen LogP contribution >= 0.6 is 11.6 Å². The lowest BCUT2D eigenvalue weighted by Gasteiger charge is -2.08. The molecular formula is C14H10ClFN2O3. The lowest BCUT2D eigenvalue weighted by molar-refractivity contribution is 0.0960. The first-order valence-electron chi connectivity index (χ1n) is 5.83. The van der Waals surface area contributed by atoms with Crippen LogP contribution in [0.2, 0.25) is 5.02 Å². The third kappa shape index (κ3) is 3.70. The van der Waals surface area contributed by atoms with Gasteiger partial charge in [-0.25, -0.2) is 9.18 Å². The van der Waals surface area contributed by atoms with E-state index in [9.17, 15) is 19.1 Å². The standard InChI is InChI=1S/C14H10ClFN2O3/c15-8-4-6-9(7-5-8)17-14(21)18-13(20)12-10(16)2-1-3-11(12)19/h1-7,19H,(H2,17,18,20,21). The average Bonchev–Trinajstić information content (AvgIpc) is 2.41. The molecule has 0 saturated heterocycles. The number of phenols is 1. The molecule has 3 N–H and O–H groups in total. The number of amides is 3. The maximum Gasteiger partial charge on any atom is 0.326 e. The van der Waals surface area contributed by atoms with Crippen LogP contribution in [-0.4, -0.2) is 17.0 Å². The molecule has 0 atom stereocenters. The van der Waals surface area contributed by atoms with Gasteiger partial charge in [0.1, 0.15) is 17.1 Å². The first-order valence-corrected chi connectivity index (χ1v) is 6.20. The van der Waals surface area contributed by atoms with E-state index in [1.54, 1.807) is 12.1 Å². The molecule has 0 radical (unpaired) electrons. The molecular weight excluding hydrogens is 299 g/mol. The minimum Gasteiger partial charge on any atom is -0.507 e. The molecule has 0 aliphatic heterocycles. The Morgan fingerprint density at radius 1 is 1.10 bits per heavy atom. The fourth-order valence-corrected chi connectivity index (χ4v) is 1.72. The average molecular weight is 309 g/mol. The second-order valence-corrected chi connectivity index (χ2v) is 4.49. The van der Waals surface area contributed by atoms with Gasteiger partial charge < -0.3 is 10.4 Å². The van der Waals surface area contributed by atoms with Crippen molar-refractivity contribution in [1.82, 2.24) is 5.32 Å². The predicted molar refractivity (Wildman–Crippen MR) is 76.0 cm³/mol. The van der Waals surface area contributed by atoms with Gasteiger partial charge in [0.05, 0.1) is 0 Å². The smallest absolute Gasteiger partial charge is 0.326 e. The van der Waals surface area contributed by atoms with Crippen molar-refractivity contribution in [3.05, 3.63) is 58.9 Å².